The third-order valence-electron chi connectivity index (χ3n) is 3.24. The van der Waals surface area contributed by atoms with Crippen molar-refractivity contribution in [3.05, 3.63) is 36.4 Å². The van der Waals surface area contributed by atoms with Gasteiger partial charge >= 0.3 is 10.2 Å². The standard InChI is InChI=1S/C13H11FN4O4S/c1-17(2)23(20,21)18-5-10(12-11(6-19)16-7-22-12)9-3-8(14)4-15-13(9)18/h3-7H,1-2H3. The van der Waals surface area contributed by atoms with Crippen molar-refractivity contribution in [2.24, 2.45) is 0 Å². The molecule has 3 heterocycles. The smallest absolute Gasteiger partial charge is 0.308 e. The molecule has 0 radical (unpaired) electrons. The summed E-state index contributed by atoms with van der Waals surface area (Å²) in [5, 5.41) is 0.190. The van der Waals surface area contributed by atoms with Gasteiger partial charge < -0.3 is 4.42 Å². The van der Waals surface area contributed by atoms with Gasteiger partial charge in [-0.3, -0.25) is 4.79 Å². The van der Waals surface area contributed by atoms with Crippen LogP contribution >= 0.6 is 0 Å². The molecule has 0 amide bonds. The molecule has 0 aromatic carbocycles. The summed E-state index contributed by atoms with van der Waals surface area (Å²) in [6.45, 7) is 0. The summed E-state index contributed by atoms with van der Waals surface area (Å²) >= 11 is 0. The van der Waals surface area contributed by atoms with Gasteiger partial charge in [-0.25, -0.2) is 18.3 Å². The zero-order valence-corrected chi connectivity index (χ0v) is 12.9. The van der Waals surface area contributed by atoms with Gasteiger partial charge in [0.1, 0.15) is 11.5 Å². The first-order valence-corrected chi connectivity index (χ1v) is 7.74. The minimum Gasteiger partial charge on any atom is -0.443 e. The molecule has 0 aliphatic carbocycles. The van der Waals surface area contributed by atoms with Crippen LogP contribution in [0, 0.1) is 5.82 Å². The van der Waals surface area contributed by atoms with Crippen LogP contribution in [0.15, 0.2) is 29.3 Å². The van der Waals surface area contributed by atoms with E-state index in [0.717, 1.165) is 26.9 Å². The highest BCUT2D eigenvalue weighted by Crippen LogP contribution is 2.32. The van der Waals surface area contributed by atoms with Crippen molar-refractivity contribution in [3.63, 3.8) is 0 Å². The largest absolute Gasteiger partial charge is 0.443 e. The van der Waals surface area contributed by atoms with Crippen LogP contribution in [0.3, 0.4) is 0 Å². The summed E-state index contributed by atoms with van der Waals surface area (Å²) in [6, 6.07) is 1.12. The molecule has 0 atom stereocenters. The average molecular weight is 338 g/mol. The number of fused-ring (bicyclic) bond motifs is 1. The van der Waals surface area contributed by atoms with E-state index in [1.54, 1.807) is 0 Å². The molecule has 0 saturated carbocycles. The van der Waals surface area contributed by atoms with E-state index in [1.807, 2.05) is 0 Å². The molecule has 10 heteroatoms. The number of rotatable bonds is 4. The summed E-state index contributed by atoms with van der Waals surface area (Å²) in [5.74, 6) is -0.601. The minimum atomic E-state index is -3.89. The van der Waals surface area contributed by atoms with Gasteiger partial charge in [-0.05, 0) is 6.07 Å². The van der Waals surface area contributed by atoms with Crippen LogP contribution in [0.5, 0.6) is 0 Å². The van der Waals surface area contributed by atoms with Crippen molar-refractivity contribution in [1.82, 2.24) is 18.2 Å². The van der Waals surface area contributed by atoms with Gasteiger partial charge in [0.2, 0.25) is 0 Å². The lowest BCUT2D eigenvalue weighted by Crippen LogP contribution is -2.28. The topological polar surface area (TPSA) is 98.3 Å². The van der Waals surface area contributed by atoms with Crippen molar-refractivity contribution in [2.45, 2.75) is 0 Å². The lowest BCUT2D eigenvalue weighted by atomic mass is 10.1. The summed E-state index contributed by atoms with van der Waals surface area (Å²) in [6.07, 6.45) is 3.65. The lowest BCUT2D eigenvalue weighted by molar-refractivity contribution is 0.112. The zero-order chi connectivity index (χ0) is 16.8. The fourth-order valence-electron chi connectivity index (χ4n) is 2.13. The van der Waals surface area contributed by atoms with Gasteiger partial charge in [0.25, 0.3) is 0 Å². The van der Waals surface area contributed by atoms with Crippen LogP contribution in [0.25, 0.3) is 22.4 Å². The summed E-state index contributed by atoms with van der Waals surface area (Å²) < 4.78 is 45.4. The van der Waals surface area contributed by atoms with E-state index >= 15 is 0 Å². The SMILES string of the molecule is CN(C)S(=O)(=O)n1cc(-c2ocnc2C=O)c2cc(F)cnc21. The second kappa shape index (κ2) is 5.25. The van der Waals surface area contributed by atoms with Gasteiger partial charge in [-0.1, -0.05) is 0 Å². The molecule has 0 unspecified atom stereocenters. The number of aromatic nitrogens is 3. The van der Waals surface area contributed by atoms with Crippen LogP contribution in [-0.4, -0.2) is 47.0 Å². The Bertz CT molecular complexity index is 1010. The average Bonchev–Trinajstić information content (AvgIpc) is 3.10. The maximum Gasteiger partial charge on any atom is 0.308 e. The Kier molecular flexibility index (Phi) is 3.49. The Morgan fingerprint density at radius 1 is 1.35 bits per heavy atom. The number of carbonyl (C=O) groups excluding carboxylic acids is 1. The fourth-order valence-corrected chi connectivity index (χ4v) is 3.08. The first kappa shape index (κ1) is 15.3. The normalized spacial score (nSPS) is 12.2. The molecular formula is C13H11FN4O4S. The molecule has 23 heavy (non-hydrogen) atoms. The van der Waals surface area contributed by atoms with Crippen LogP contribution in [-0.2, 0) is 10.2 Å². The molecule has 3 rings (SSSR count). The second-order valence-electron chi connectivity index (χ2n) is 4.84. The van der Waals surface area contributed by atoms with Crippen molar-refractivity contribution in [2.75, 3.05) is 14.1 Å². The third-order valence-corrected chi connectivity index (χ3v) is 4.94. The Labute approximate surface area is 130 Å². The maximum absolute atomic E-state index is 13.6. The second-order valence-corrected chi connectivity index (χ2v) is 6.86. The molecule has 0 spiro atoms. The summed E-state index contributed by atoms with van der Waals surface area (Å²) in [5.41, 5.74) is 0.205. The van der Waals surface area contributed by atoms with E-state index in [1.165, 1.54) is 20.3 Å². The molecule has 3 aromatic rings. The van der Waals surface area contributed by atoms with Crippen molar-refractivity contribution >= 4 is 27.5 Å². The van der Waals surface area contributed by atoms with Crippen molar-refractivity contribution in [3.8, 4) is 11.3 Å². The van der Waals surface area contributed by atoms with Crippen molar-refractivity contribution < 1.29 is 22.0 Å². The zero-order valence-electron chi connectivity index (χ0n) is 12.1. The monoisotopic (exact) mass is 338 g/mol. The van der Waals surface area contributed by atoms with Gasteiger partial charge in [-0.15, -0.1) is 0 Å². The van der Waals surface area contributed by atoms with Crippen LogP contribution in [0.4, 0.5) is 4.39 Å². The summed E-state index contributed by atoms with van der Waals surface area (Å²) in [4.78, 5) is 18.6. The van der Waals surface area contributed by atoms with E-state index in [0.29, 0.717) is 6.29 Å². The highest BCUT2D eigenvalue weighted by atomic mass is 32.2. The lowest BCUT2D eigenvalue weighted by Gasteiger charge is -2.12. The van der Waals surface area contributed by atoms with E-state index < -0.39 is 16.0 Å². The van der Waals surface area contributed by atoms with Gasteiger partial charge in [0, 0.05) is 31.2 Å². The molecule has 0 aliphatic rings. The van der Waals surface area contributed by atoms with E-state index in [9.17, 15) is 17.6 Å². The molecule has 3 aromatic heterocycles. The minimum absolute atomic E-state index is 0.0170. The van der Waals surface area contributed by atoms with Gasteiger partial charge in [0.05, 0.1) is 6.20 Å². The summed E-state index contributed by atoms with van der Waals surface area (Å²) in [7, 11) is -1.18. The van der Waals surface area contributed by atoms with E-state index in [4.69, 9.17) is 4.42 Å². The number of aldehydes is 1. The first-order chi connectivity index (χ1) is 10.9. The maximum atomic E-state index is 13.6. The Hall–Kier alpha value is -2.59. The van der Waals surface area contributed by atoms with Gasteiger partial charge in [0.15, 0.2) is 24.1 Å². The molecule has 0 N–H and O–H groups in total. The highest BCUT2D eigenvalue weighted by Gasteiger charge is 2.25. The molecule has 120 valence electrons. The van der Waals surface area contributed by atoms with E-state index in [2.05, 4.69) is 9.97 Å². The predicted octanol–water partition coefficient (Wildman–Crippen LogP) is 1.30. The van der Waals surface area contributed by atoms with E-state index in [-0.39, 0.29) is 28.1 Å². The third kappa shape index (κ3) is 2.32. The fraction of sp³-hybridized carbons (Fsp3) is 0.154. The number of nitrogens with zero attached hydrogens (tertiary/aromatic N) is 4. The highest BCUT2D eigenvalue weighted by molar-refractivity contribution is 7.87. The van der Waals surface area contributed by atoms with Crippen LogP contribution in [0.2, 0.25) is 0 Å². The van der Waals surface area contributed by atoms with Gasteiger partial charge in [-0.2, -0.15) is 12.7 Å². The quantitative estimate of drug-likeness (QED) is 0.665. The predicted molar refractivity (Wildman–Crippen MR) is 78.6 cm³/mol. The van der Waals surface area contributed by atoms with Crippen LogP contribution < -0.4 is 0 Å². The van der Waals surface area contributed by atoms with Crippen molar-refractivity contribution in [1.29, 1.82) is 0 Å². The number of hydrogen-bond donors (Lipinski definition) is 0. The Balaban J connectivity index is 2.40. The molecule has 0 fully saturated rings. The first-order valence-electron chi connectivity index (χ1n) is 6.35. The molecular weight excluding hydrogens is 327 g/mol. The number of pyridine rings is 1. The Morgan fingerprint density at radius 3 is 2.74 bits per heavy atom. The molecule has 0 saturated heterocycles. The number of oxazole rings is 1. The molecule has 8 nitrogen and oxygen atoms in total. The number of halogens is 1. The Morgan fingerprint density at radius 2 is 2.09 bits per heavy atom. The molecule has 0 aliphatic heterocycles. The van der Waals surface area contributed by atoms with Crippen LogP contribution in [0.1, 0.15) is 10.5 Å². The molecule has 0 bridgehead atoms. The number of hydrogen-bond acceptors (Lipinski definition) is 6. The number of carbonyl (C=O) groups is 1.